The van der Waals surface area contributed by atoms with Crippen molar-refractivity contribution in [1.82, 2.24) is 4.90 Å². The third-order valence-electron chi connectivity index (χ3n) is 3.38. The summed E-state index contributed by atoms with van der Waals surface area (Å²) in [5, 5.41) is 7.36. The summed E-state index contributed by atoms with van der Waals surface area (Å²) in [7, 11) is 0. The molecule has 2 atom stereocenters. The highest BCUT2D eigenvalue weighted by molar-refractivity contribution is 5.77. The topological polar surface area (TPSA) is 53.1 Å². The Bertz CT molecular complexity index is 201. The lowest BCUT2D eigenvalue weighted by Gasteiger charge is -2.40. The van der Waals surface area contributed by atoms with Crippen molar-refractivity contribution >= 4 is 5.84 Å². The van der Waals surface area contributed by atoms with Gasteiger partial charge in [0.15, 0.2) is 0 Å². The van der Waals surface area contributed by atoms with Crippen LogP contribution >= 0.6 is 0 Å². The first-order valence-corrected chi connectivity index (χ1v) is 6.23. The fourth-order valence-corrected chi connectivity index (χ4v) is 2.68. The molecule has 2 unspecified atom stereocenters. The number of nitrogens with one attached hydrogen (secondary N) is 1. The molecule has 1 aliphatic heterocycles. The van der Waals surface area contributed by atoms with E-state index in [1.54, 1.807) is 0 Å². The van der Waals surface area contributed by atoms with Crippen LogP contribution in [-0.2, 0) is 0 Å². The van der Waals surface area contributed by atoms with Gasteiger partial charge in [-0.3, -0.25) is 10.3 Å². The molecule has 1 saturated heterocycles. The summed E-state index contributed by atoms with van der Waals surface area (Å²) in [5.74, 6) is 0.323. The summed E-state index contributed by atoms with van der Waals surface area (Å²) in [5.41, 5.74) is 5.48. The Morgan fingerprint density at radius 1 is 1.53 bits per heavy atom. The normalized spacial score (nSPS) is 25.1. The van der Waals surface area contributed by atoms with Crippen molar-refractivity contribution in [1.29, 1.82) is 5.41 Å². The number of nitrogens with zero attached hydrogens (tertiary/aromatic N) is 1. The molecule has 0 bridgehead atoms. The van der Waals surface area contributed by atoms with Crippen LogP contribution in [-0.4, -0.2) is 29.4 Å². The van der Waals surface area contributed by atoms with E-state index in [0.29, 0.717) is 11.9 Å². The molecule has 0 spiro atoms. The molecule has 3 nitrogen and oxygen atoms in total. The van der Waals surface area contributed by atoms with E-state index in [1.165, 1.54) is 38.6 Å². The van der Waals surface area contributed by atoms with Crippen molar-refractivity contribution < 1.29 is 0 Å². The Balaban J connectivity index is 2.50. The molecule has 1 aliphatic rings. The van der Waals surface area contributed by atoms with E-state index in [4.69, 9.17) is 11.1 Å². The van der Waals surface area contributed by atoms with Gasteiger partial charge in [0.1, 0.15) is 0 Å². The SMILES string of the molecule is CCCC1CCCCN1C(C)CC(=N)N. The second-order valence-electron chi connectivity index (χ2n) is 4.75. The Morgan fingerprint density at radius 3 is 2.87 bits per heavy atom. The van der Waals surface area contributed by atoms with Crippen LogP contribution in [0.1, 0.15) is 52.4 Å². The van der Waals surface area contributed by atoms with Gasteiger partial charge in [0.05, 0.1) is 5.84 Å². The highest BCUT2D eigenvalue weighted by Crippen LogP contribution is 2.23. The maximum absolute atomic E-state index is 7.36. The highest BCUT2D eigenvalue weighted by atomic mass is 15.2. The average molecular weight is 211 g/mol. The van der Waals surface area contributed by atoms with Crippen LogP contribution in [0.5, 0.6) is 0 Å². The number of hydrogen-bond acceptors (Lipinski definition) is 2. The van der Waals surface area contributed by atoms with Crippen LogP contribution in [0, 0.1) is 5.41 Å². The number of piperidine rings is 1. The van der Waals surface area contributed by atoms with Crippen molar-refractivity contribution in [2.24, 2.45) is 5.73 Å². The fourth-order valence-electron chi connectivity index (χ4n) is 2.68. The summed E-state index contributed by atoms with van der Waals surface area (Å²) < 4.78 is 0. The van der Waals surface area contributed by atoms with E-state index < -0.39 is 0 Å². The first kappa shape index (κ1) is 12.5. The molecule has 0 radical (unpaired) electrons. The lowest BCUT2D eigenvalue weighted by atomic mass is 9.95. The molecule has 0 aromatic heterocycles. The van der Waals surface area contributed by atoms with Crippen LogP contribution in [0.3, 0.4) is 0 Å². The number of nitrogens with two attached hydrogens (primary N) is 1. The van der Waals surface area contributed by atoms with Crippen LogP contribution in [0.25, 0.3) is 0 Å². The zero-order chi connectivity index (χ0) is 11.3. The molecule has 1 heterocycles. The molecule has 0 aromatic carbocycles. The molecule has 0 saturated carbocycles. The first-order chi connectivity index (χ1) is 7.15. The largest absolute Gasteiger partial charge is 0.388 e. The van der Waals surface area contributed by atoms with E-state index in [-0.39, 0.29) is 0 Å². The smallest absolute Gasteiger partial charge is 0.0920 e. The zero-order valence-corrected chi connectivity index (χ0v) is 10.1. The van der Waals surface area contributed by atoms with Gasteiger partial charge in [-0.05, 0) is 32.7 Å². The Hall–Kier alpha value is -0.570. The van der Waals surface area contributed by atoms with Gasteiger partial charge in [-0.2, -0.15) is 0 Å². The lowest BCUT2D eigenvalue weighted by Crippen LogP contribution is -2.46. The summed E-state index contributed by atoms with van der Waals surface area (Å²) in [6.07, 6.45) is 7.28. The molecule has 1 fully saturated rings. The third kappa shape index (κ3) is 3.82. The highest BCUT2D eigenvalue weighted by Gasteiger charge is 2.25. The zero-order valence-electron chi connectivity index (χ0n) is 10.1. The minimum absolute atomic E-state index is 0.323. The van der Waals surface area contributed by atoms with Crippen LogP contribution < -0.4 is 5.73 Å². The average Bonchev–Trinajstić information content (AvgIpc) is 2.18. The minimum atomic E-state index is 0.323. The van der Waals surface area contributed by atoms with Crippen molar-refractivity contribution in [2.45, 2.75) is 64.5 Å². The molecule has 3 N–H and O–H groups in total. The second kappa shape index (κ2) is 6.11. The van der Waals surface area contributed by atoms with E-state index in [1.807, 2.05) is 0 Å². The van der Waals surface area contributed by atoms with Crippen molar-refractivity contribution in [2.75, 3.05) is 6.54 Å². The number of amidine groups is 1. The van der Waals surface area contributed by atoms with Crippen molar-refractivity contribution in [3.05, 3.63) is 0 Å². The lowest BCUT2D eigenvalue weighted by molar-refractivity contribution is 0.0993. The Labute approximate surface area is 93.5 Å². The van der Waals surface area contributed by atoms with Gasteiger partial charge in [-0.25, -0.2) is 0 Å². The van der Waals surface area contributed by atoms with E-state index >= 15 is 0 Å². The second-order valence-corrected chi connectivity index (χ2v) is 4.75. The molecular formula is C12H25N3. The van der Waals surface area contributed by atoms with Gasteiger partial charge in [-0.1, -0.05) is 19.8 Å². The maximum Gasteiger partial charge on any atom is 0.0920 e. The number of rotatable bonds is 5. The van der Waals surface area contributed by atoms with Crippen LogP contribution in [0.4, 0.5) is 0 Å². The van der Waals surface area contributed by atoms with E-state index in [0.717, 1.165) is 12.5 Å². The van der Waals surface area contributed by atoms with E-state index in [9.17, 15) is 0 Å². The van der Waals surface area contributed by atoms with Gasteiger partial charge >= 0.3 is 0 Å². The predicted octanol–water partition coefficient (Wildman–Crippen LogP) is 2.36. The molecule has 0 aromatic rings. The molecule has 88 valence electrons. The standard InChI is InChI=1S/C12H25N3/c1-3-6-11-7-4-5-8-15(11)10(2)9-12(13)14/h10-11H,3-9H2,1-2H3,(H3,13,14). The molecule has 1 rings (SSSR count). The van der Waals surface area contributed by atoms with Crippen LogP contribution in [0.15, 0.2) is 0 Å². The molecular weight excluding hydrogens is 186 g/mol. The van der Waals surface area contributed by atoms with Crippen molar-refractivity contribution in [3.8, 4) is 0 Å². The van der Waals surface area contributed by atoms with Gasteiger partial charge < -0.3 is 5.73 Å². The quantitative estimate of drug-likeness (QED) is 0.542. The fraction of sp³-hybridized carbons (Fsp3) is 0.917. The van der Waals surface area contributed by atoms with Gasteiger partial charge in [0, 0.05) is 18.5 Å². The first-order valence-electron chi connectivity index (χ1n) is 6.23. The van der Waals surface area contributed by atoms with Gasteiger partial charge in [-0.15, -0.1) is 0 Å². The third-order valence-corrected chi connectivity index (χ3v) is 3.38. The van der Waals surface area contributed by atoms with E-state index in [2.05, 4.69) is 18.7 Å². The maximum atomic E-state index is 7.36. The van der Waals surface area contributed by atoms with Gasteiger partial charge in [0.2, 0.25) is 0 Å². The van der Waals surface area contributed by atoms with Crippen molar-refractivity contribution in [3.63, 3.8) is 0 Å². The van der Waals surface area contributed by atoms with Gasteiger partial charge in [0.25, 0.3) is 0 Å². The Kier molecular flexibility index (Phi) is 5.09. The summed E-state index contributed by atoms with van der Waals surface area (Å²) >= 11 is 0. The van der Waals surface area contributed by atoms with Crippen LogP contribution in [0.2, 0.25) is 0 Å². The predicted molar refractivity (Wildman–Crippen MR) is 65.2 cm³/mol. The molecule has 0 amide bonds. The molecule has 0 aliphatic carbocycles. The molecule has 15 heavy (non-hydrogen) atoms. The minimum Gasteiger partial charge on any atom is -0.388 e. The summed E-state index contributed by atoms with van der Waals surface area (Å²) in [6.45, 7) is 5.65. The molecule has 3 heteroatoms. The summed E-state index contributed by atoms with van der Waals surface area (Å²) in [6, 6.07) is 1.18. The Morgan fingerprint density at radius 2 is 2.27 bits per heavy atom. The summed E-state index contributed by atoms with van der Waals surface area (Å²) in [4.78, 5) is 2.56. The monoisotopic (exact) mass is 211 g/mol. The number of hydrogen-bond donors (Lipinski definition) is 2. The number of likely N-dealkylation sites (tertiary alicyclic amines) is 1.